The molecule has 5 N–H and O–H groups in total. The Labute approximate surface area is 118 Å². The molecule has 1 aromatic rings. The van der Waals surface area contributed by atoms with Crippen molar-refractivity contribution < 1.29 is 21.6 Å². The van der Waals surface area contributed by atoms with Crippen LogP contribution in [0.25, 0.3) is 0 Å². The average Bonchev–Trinajstić information content (AvgIpc) is 2.33. The highest BCUT2D eigenvalue weighted by molar-refractivity contribution is 7.89. The third-order valence-corrected chi connectivity index (χ3v) is 4.73. The first-order valence-electron chi connectivity index (χ1n) is 5.59. The van der Waals surface area contributed by atoms with Crippen molar-refractivity contribution in [2.45, 2.75) is 11.3 Å². The minimum absolute atomic E-state index is 0.0218. The van der Waals surface area contributed by atoms with Crippen LogP contribution in [0.2, 0.25) is 0 Å². The molecule has 20 heavy (non-hydrogen) atoms. The van der Waals surface area contributed by atoms with Gasteiger partial charge in [0.15, 0.2) is 0 Å². The Morgan fingerprint density at radius 1 is 1.25 bits per heavy atom. The number of nitrogens with one attached hydrogen (secondary N) is 1. The van der Waals surface area contributed by atoms with Gasteiger partial charge in [-0.1, -0.05) is 0 Å². The van der Waals surface area contributed by atoms with Crippen LogP contribution in [-0.4, -0.2) is 36.2 Å². The first-order valence-corrected chi connectivity index (χ1v) is 8.79. The number of hydrogen-bond donors (Lipinski definition) is 3. The average molecular weight is 323 g/mol. The smallest absolute Gasteiger partial charge is 0.240 e. The molecule has 0 aliphatic heterocycles. The molecule has 0 saturated carbocycles. The maximum absolute atomic E-state index is 11.9. The Bertz CT molecular complexity index is 670. The van der Waals surface area contributed by atoms with E-state index in [2.05, 4.69) is 4.72 Å². The van der Waals surface area contributed by atoms with Crippen molar-refractivity contribution in [1.29, 1.82) is 0 Å². The van der Waals surface area contributed by atoms with Crippen LogP contribution < -0.4 is 20.3 Å². The summed E-state index contributed by atoms with van der Waals surface area (Å²) in [5.74, 6) is 0.0819. The summed E-state index contributed by atoms with van der Waals surface area (Å²) >= 11 is 0. The summed E-state index contributed by atoms with van der Waals surface area (Å²) in [7, 11) is -5.92. The molecule has 0 radical (unpaired) electrons. The minimum Gasteiger partial charge on any atom is -0.495 e. The molecule has 10 heteroatoms. The van der Waals surface area contributed by atoms with E-state index in [0.717, 1.165) is 0 Å². The van der Waals surface area contributed by atoms with Crippen molar-refractivity contribution in [3.63, 3.8) is 0 Å². The van der Waals surface area contributed by atoms with E-state index >= 15 is 0 Å². The van der Waals surface area contributed by atoms with Crippen LogP contribution >= 0.6 is 0 Å². The van der Waals surface area contributed by atoms with E-state index < -0.39 is 20.0 Å². The zero-order valence-corrected chi connectivity index (χ0v) is 12.5. The van der Waals surface area contributed by atoms with Crippen LogP contribution in [0.1, 0.15) is 6.42 Å². The van der Waals surface area contributed by atoms with Crippen molar-refractivity contribution in [2.24, 2.45) is 5.14 Å². The van der Waals surface area contributed by atoms with E-state index in [0.29, 0.717) is 5.75 Å². The van der Waals surface area contributed by atoms with Crippen LogP contribution in [0, 0.1) is 0 Å². The molecule has 0 atom stereocenters. The Kier molecular flexibility index (Phi) is 5.34. The summed E-state index contributed by atoms with van der Waals surface area (Å²) in [6.45, 7) is -0.0370. The molecule has 0 fully saturated rings. The topological polar surface area (TPSA) is 142 Å². The van der Waals surface area contributed by atoms with Crippen LogP contribution in [0.15, 0.2) is 23.1 Å². The summed E-state index contributed by atoms with van der Waals surface area (Å²) in [5, 5.41) is 4.81. The maximum Gasteiger partial charge on any atom is 0.240 e. The molecular formula is C10H17N3O5S2. The van der Waals surface area contributed by atoms with E-state index in [-0.39, 0.29) is 29.3 Å². The standard InChI is InChI=1S/C10H17N3O5S2/c1-18-10-4-3-8(7-9(10)11)20(16,17)13-5-2-6-19(12,14)15/h3-4,7,13H,2,5-6,11H2,1H3,(H2,12,14,15). The molecule has 0 heterocycles. The lowest BCUT2D eigenvalue weighted by Gasteiger charge is -2.09. The molecule has 8 nitrogen and oxygen atoms in total. The molecule has 0 saturated heterocycles. The molecule has 0 aliphatic rings. The number of nitrogens with two attached hydrogens (primary N) is 2. The van der Waals surface area contributed by atoms with Crippen molar-refractivity contribution in [3.05, 3.63) is 18.2 Å². The van der Waals surface area contributed by atoms with Gasteiger partial charge in [-0.3, -0.25) is 0 Å². The fourth-order valence-electron chi connectivity index (χ4n) is 1.44. The number of ether oxygens (including phenoxy) is 1. The number of primary sulfonamides is 1. The highest BCUT2D eigenvalue weighted by Crippen LogP contribution is 2.24. The summed E-state index contributed by atoms with van der Waals surface area (Å²) in [4.78, 5) is -0.0218. The minimum atomic E-state index is -3.75. The van der Waals surface area contributed by atoms with Crippen molar-refractivity contribution in [3.8, 4) is 5.75 Å². The fraction of sp³-hybridized carbons (Fsp3) is 0.400. The number of anilines is 1. The normalized spacial score (nSPS) is 12.3. The molecule has 114 valence electrons. The zero-order valence-electron chi connectivity index (χ0n) is 10.9. The van der Waals surface area contributed by atoms with E-state index in [1.807, 2.05) is 0 Å². The number of rotatable bonds is 7. The van der Waals surface area contributed by atoms with Gasteiger partial charge in [-0.25, -0.2) is 26.7 Å². The highest BCUT2D eigenvalue weighted by Gasteiger charge is 2.15. The molecule has 0 aromatic heterocycles. The van der Waals surface area contributed by atoms with Gasteiger partial charge >= 0.3 is 0 Å². The summed E-state index contributed by atoms with van der Waals surface area (Å²) < 4.78 is 52.5. The number of hydrogen-bond acceptors (Lipinski definition) is 6. The summed E-state index contributed by atoms with van der Waals surface area (Å²) in [5.41, 5.74) is 5.82. The lowest BCUT2D eigenvalue weighted by Crippen LogP contribution is -2.27. The molecule has 0 unspecified atom stereocenters. The van der Waals surface area contributed by atoms with Gasteiger partial charge in [0.2, 0.25) is 20.0 Å². The second kappa shape index (κ2) is 6.39. The van der Waals surface area contributed by atoms with Crippen molar-refractivity contribution >= 4 is 25.7 Å². The van der Waals surface area contributed by atoms with Crippen LogP contribution in [-0.2, 0) is 20.0 Å². The van der Waals surface area contributed by atoms with Gasteiger partial charge < -0.3 is 10.5 Å². The van der Waals surface area contributed by atoms with Gasteiger partial charge in [0.1, 0.15) is 5.75 Å². The number of benzene rings is 1. The quantitative estimate of drug-likeness (QED) is 0.444. The van der Waals surface area contributed by atoms with Gasteiger partial charge in [0.25, 0.3) is 0 Å². The predicted octanol–water partition coefficient (Wildman–Crippen LogP) is -0.766. The first-order chi connectivity index (χ1) is 9.15. The van der Waals surface area contributed by atoms with E-state index in [4.69, 9.17) is 15.6 Å². The summed E-state index contributed by atoms with van der Waals surface area (Å²) in [6, 6.07) is 4.05. The predicted molar refractivity (Wildman–Crippen MR) is 75.2 cm³/mol. The summed E-state index contributed by atoms with van der Waals surface area (Å²) in [6.07, 6.45) is 0.0870. The maximum atomic E-state index is 11.9. The lowest BCUT2D eigenvalue weighted by molar-refractivity contribution is 0.416. The van der Waals surface area contributed by atoms with Gasteiger partial charge in [-0.05, 0) is 24.6 Å². The largest absolute Gasteiger partial charge is 0.495 e. The number of sulfonamides is 2. The highest BCUT2D eigenvalue weighted by atomic mass is 32.2. The SMILES string of the molecule is COc1ccc(S(=O)(=O)NCCCS(N)(=O)=O)cc1N. The Morgan fingerprint density at radius 2 is 1.90 bits per heavy atom. The number of nitrogen functional groups attached to an aromatic ring is 1. The lowest BCUT2D eigenvalue weighted by atomic mass is 10.3. The molecule has 0 spiro atoms. The third kappa shape index (κ3) is 4.96. The monoisotopic (exact) mass is 323 g/mol. The first kappa shape index (κ1) is 16.7. The molecular weight excluding hydrogens is 306 g/mol. The molecule has 0 bridgehead atoms. The second-order valence-electron chi connectivity index (χ2n) is 4.02. The molecule has 0 amide bonds. The Hall–Kier alpha value is -1.36. The molecule has 1 rings (SSSR count). The van der Waals surface area contributed by atoms with Gasteiger partial charge in [-0.15, -0.1) is 0 Å². The Morgan fingerprint density at radius 3 is 2.40 bits per heavy atom. The van der Waals surface area contributed by atoms with E-state index in [1.165, 1.54) is 25.3 Å². The van der Waals surface area contributed by atoms with Gasteiger partial charge in [0, 0.05) is 6.54 Å². The van der Waals surface area contributed by atoms with E-state index in [1.54, 1.807) is 0 Å². The second-order valence-corrected chi connectivity index (χ2v) is 7.52. The molecule has 1 aromatic carbocycles. The van der Waals surface area contributed by atoms with Gasteiger partial charge in [0.05, 0.1) is 23.4 Å². The van der Waals surface area contributed by atoms with Crippen LogP contribution in [0.3, 0.4) is 0 Å². The zero-order chi connectivity index (χ0) is 15.4. The van der Waals surface area contributed by atoms with Gasteiger partial charge in [-0.2, -0.15) is 0 Å². The molecule has 0 aliphatic carbocycles. The van der Waals surface area contributed by atoms with E-state index in [9.17, 15) is 16.8 Å². The van der Waals surface area contributed by atoms with Crippen molar-refractivity contribution in [2.75, 3.05) is 25.1 Å². The van der Waals surface area contributed by atoms with Crippen LogP contribution in [0.5, 0.6) is 5.75 Å². The van der Waals surface area contributed by atoms with Crippen molar-refractivity contribution in [1.82, 2.24) is 4.72 Å². The Balaban J connectivity index is 2.72. The van der Waals surface area contributed by atoms with Crippen LogP contribution in [0.4, 0.5) is 5.69 Å². The fourth-order valence-corrected chi connectivity index (χ4v) is 3.10. The third-order valence-electron chi connectivity index (χ3n) is 2.41. The number of methoxy groups -OCH3 is 1.